The van der Waals surface area contributed by atoms with Gasteiger partial charge in [0.2, 0.25) is 5.91 Å². The first kappa shape index (κ1) is 29.3. The second kappa shape index (κ2) is 11.7. The number of carbonyl (C=O) groups excluding carboxylic acids is 2. The molecule has 5 N–H and O–H groups in total. The van der Waals surface area contributed by atoms with Gasteiger partial charge in [-0.2, -0.15) is 0 Å². The van der Waals surface area contributed by atoms with Crippen LogP contribution < -0.4 is 11.1 Å². The van der Waals surface area contributed by atoms with E-state index in [-0.39, 0.29) is 25.3 Å². The number of imidazole rings is 1. The molecule has 42 heavy (non-hydrogen) atoms. The van der Waals surface area contributed by atoms with E-state index in [4.69, 9.17) is 24.3 Å². The summed E-state index contributed by atoms with van der Waals surface area (Å²) in [7, 11) is -3.94. The van der Waals surface area contributed by atoms with E-state index in [1.807, 2.05) is 0 Å². The fourth-order valence-corrected chi connectivity index (χ4v) is 7.85. The summed E-state index contributed by atoms with van der Waals surface area (Å²) < 4.78 is 41.7. The van der Waals surface area contributed by atoms with Crippen molar-refractivity contribution in [3.8, 4) is 0 Å². The summed E-state index contributed by atoms with van der Waals surface area (Å²) in [5.74, 6) is -1.49. The van der Waals surface area contributed by atoms with Crippen molar-refractivity contribution in [2.24, 2.45) is 5.92 Å². The average molecular weight is 608 g/mol. The van der Waals surface area contributed by atoms with E-state index in [0.29, 0.717) is 29.8 Å². The average Bonchev–Trinajstić information content (AvgIpc) is 3.76. The molecule has 8 atom stereocenters. The molecular weight excluding hydrogens is 573 g/mol. The molecule has 4 aliphatic heterocycles. The number of aromatic nitrogens is 4. The predicted octanol–water partition coefficient (Wildman–Crippen LogP) is 0.0313. The zero-order valence-electron chi connectivity index (χ0n) is 22.9. The largest absolute Gasteiger partial charge is 0.408 e. The highest BCUT2D eigenvalue weighted by molar-refractivity contribution is 7.51. The van der Waals surface area contributed by atoms with Crippen LogP contribution in [0.15, 0.2) is 24.3 Å². The van der Waals surface area contributed by atoms with E-state index >= 15 is 0 Å². The van der Waals surface area contributed by atoms with E-state index in [0.717, 1.165) is 12.8 Å². The number of hydrogen-bond acceptors (Lipinski definition) is 13. The SMILES string of the molecule is CC1=CC([C@H]2C[C@@H](O)[C@@H](COP(=O)(O[C@@H]3C[C@H](n4cnc5c(N)ncnc54)O[C@@H]3CO)N3CCCC3)O2)C(=O)NC1=O. The molecule has 0 bridgehead atoms. The van der Waals surface area contributed by atoms with Gasteiger partial charge < -0.3 is 25.4 Å². The lowest BCUT2D eigenvalue weighted by molar-refractivity contribution is -0.134. The Bertz CT molecular complexity index is 1430. The molecule has 2 aromatic rings. The van der Waals surface area contributed by atoms with Gasteiger partial charge in [0.05, 0.1) is 37.7 Å². The molecule has 0 aliphatic carbocycles. The molecule has 16 nitrogen and oxygen atoms in total. The minimum absolute atomic E-state index is 0.136. The molecule has 4 aliphatic rings. The van der Waals surface area contributed by atoms with Crippen molar-refractivity contribution >= 4 is 36.5 Å². The van der Waals surface area contributed by atoms with Crippen LogP contribution in [-0.4, -0.2) is 103 Å². The third kappa shape index (κ3) is 5.49. The highest BCUT2D eigenvalue weighted by Crippen LogP contribution is 2.57. The number of amides is 2. The molecule has 3 fully saturated rings. The van der Waals surface area contributed by atoms with Crippen molar-refractivity contribution in [3.05, 3.63) is 24.3 Å². The van der Waals surface area contributed by atoms with Crippen LogP contribution >= 0.6 is 7.75 Å². The van der Waals surface area contributed by atoms with Crippen LogP contribution in [0.25, 0.3) is 11.2 Å². The summed E-state index contributed by atoms with van der Waals surface area (Å²) in [6, 6.07) is 0. The quantitative estimate of drug-likeness (QED) is 0.219. The van der Waals surface area contributed by atoms with Crippen molar-refractivity contribution in [3.63, 3.8) is 0 Å². The van der Waals surface area contributed by atoms with Gasteiger partial charge in [-0.3, -0.25) is 28.5 Å². The number of aliphatic hydroxyl groups excluding tert-OH is 2. The number of nitrogens with zero attached hydrogens (tertiary/aromatic N) is 5. The van der Waals surface area contributed by atoms with Crippen molar-refractivity contribution in [2.45, 2.75) is 69.4 Å². The van der Waals surface area contributed by atoms with Crippen molar-refractivity contribution in [1.82, 2.24) is 29.5 Å². The van der Waals surface area contributed by atoms with E-state index < -0.39 is 68.8 Å². The Morgan fingerprint density at radius 2 is 1.95 bits per heavy atom. The molecule has 0 saturated carbocycles. The Balaban J connectivity index is 1.16. The van der Waals surface area contributed by atoms with E-state index in [1.165, 1.54) is 18.7 Å². The fourth-order valence-electron chi connectivity index (χ4n) is 5.82. The molecule has 6 heterocycles. The summed E-state index contributed by atoms with van der Waals surface area (Å²) in [4.78, 5) is 36.6. The van der Waals surface area contributed by atoms with Gasteiger partial charge in [-0.05, 0) is 19.8 Å². The number of aliphatic hydroxyl groups is 2. The Morgan fingerprint density at radius 1 is 1.17 bits per heavy atom. The number of ether oxygens (including phenoxy) is 2. The highest BCUT2D eigenvalue weighted by Gasteiger charge is 2.47. The number of rotatable bonds is 9. The van der Waals surface area contributed by atoms with Gasteiger partial charge in [-0.1, -0.05) is 6.08 Å². The third-order valence-electron chi connectivity index (χ3n) is 8.14. The molecular formula is C25H34N7O9P. The summed E-state index contributed by atoms with van der Waals surface area (Å²) in [6.07, 6.45) is 1.52. The fraction of sp³-hybridized carbons (Fsp3) is 0.640. The number of imide groups is 1. The number of hydrogen-bond donors (Lipinski definition) is 4. The zero-order valence-corrected chi connectivity index (χ0v) is 23.8. The smallest absolute Gasteiger partial charge is 0.394 e. The Morgan fingerprint density at radius 3 is 2.71 bits per heavy atom. The molecule has 0 spiro atoms. The van der Waals surface area contributed by atoms with Crippen molar-refractivity contribution in [1.29, 1.82) is 0 Å². The van der Waals surface area contributed by atoms with Crippen LogP contribution in [0.2, 0.25) is 0 Å². The molecule has 228 valence electrons. The minimum atomic E-state index is -3.94. The number of carbonyl (C=O) groups is 2. The maximum absolute atomic E-state index is 14.3. The lowest BCUT2D eigenvalue weighted by Crippen LogP contribution is -2.44. The second-order valence-corrected chi connectivity index (χ2v) is 12.9. The van der Waals surface area contributed by atoms with E-state index in [2.05, 4.69) is 20.3 Å². The molecule has 0 radical (unpaired) electrons. The van der Waals surface area contributed by atoms with Crippen LogP contribution in [0.5, 0.6) is 0 Å². The van der Waals surface area contributed by atoms with Gasteiger partial charge in [-0.15, -0.1) is 0 Å². The second-order valence-electron chi connectivity index (χ2n) is 10.9. The van der Waals surface area contributed by atoms with Gasteiger partial charge in [0, 0.05) is 31.5 Å². The summed E-state index contributed by atoms with van der Waals surface area (Å²) in [5, 5.41) is 23.1. The topological polar surface area (TPSA) is 213 Å². The maximum Gasteiger partial charge on any atom is 0.408 e. The number of nitrogens with one attached hydrogen (secondary N) is 1. The van der Waals surface area contributed by atoms with Crippen LogP contribution in [0.3, 0.4) is 0 Å². The van der Waals surface area contributed by atoms with Crippen LogP contribution in [-0.2, 0) is 32.7 Å². The summed E-state index contributed by atoms with van der Waals surface area (Å²) in [6.45, 7) is 1.91. The van der Waals surface area contributed by atoms with Crippen LogP contribution in [0, 0.1) is 5.92 Å². The van der Waals surface area contributed by atoms with Gasteiger partial charge in [0.15, 0.2) is 11.5 Å². The van der Waals surface area contributed by atoms with Crippen LogP contribution in [0.1, 0.15) is 38.8 Å². The first-order valence-electron chi connectivity index (χ1n) is 13.9. The molecule has 2 unspecified atom stereocenters. The predicted molar refractivity (Wildman–Crippen MR) is 144 cm³/mol. The van der Waals surface area contributed by atoms with E-state index in [1.54, 1.807) is 16.2 Å². The number of anilines is 1. The lowest BCUT2D eigenvalue weighted by atomic mass is 9.93. The van der Waals surface area contributed by atoms with Gasteiger partial charge in [0.1, 0.15) is 36.4 Å². The van der Waals surface area contributed by atoms with Gasteiger partial charge in [0.25, 0.3) is 5.91 Å². The first-order valence-corrected chi connectivity index (χ1v) is 15.4. The zero-order chi connectivity index (χ0) is 29.6. The Labute approximate surface area is 240 Å². The van der Waals surface area contributed by atoms with E-state index in [9.17, 15) is 24.4 Å². The summed E-state index contributed by atoms with van der Waals surface area (Å²) >= 11 is 0. The standard InChI is InChI=1S/C25H34N7O9P/c1-13-6-14(25(36)30-24(13)35)16-7-15(34)19(39-16)10-38-42(37,31-4-2-3-5-31)41-17-8-20(40-18(17)9-33)32-12-29-21-22(26)27-11-28-23(21)32/h6,11-12,14-20,33-34H,2-5,7-10H2,1H3,(H2,26,27,28)(H,30,35,36)/t14?,15-,16-,17-,18-,19-,20-,42?/m1/s1. The minimum Gasteiger partial charge on any atom is -0.394 e. The van der Waals surface area contributed by atoms with Gasteiger partial charge in [-0.25, -0.2) is 24.2 Å². The number of nitrogen functional groups attached to an aromatic ring is 1. The molecule has 17 heteroatoms. The van der Waals surface area contributed by atoms with Crippen LogP contribution in [0.4, 0.5) is 5.82 Å². The van der Waals surface area contributed by atoms with Gasteiger partial charge >= 0.3 is 7.75 Å². The number of fused-ring (bicyclic) bond motifs is 1. The molecule has 2 aromatic heterocycles. The molecule has 2 amide bonds. The normalized spacial score (nSPS) is 33.7. The maximum atomic E-state index is 14.3. The van der Waals surface area contributed by atoms with Crippen molar-refractivity contribution < 1.29 is 42.9 Å². The highest BCUT2D eigenvalue weighted by atomic mass is 31.2. The molecule has 0 aromatic carbocycles. The Kier molecular flexibility index (Phi) is 8.15. The third-order valence-corrected chi connectivity index (χ3v) is 10.2. The Hall–Kier alpha value is -2.82. The summed E-state index contributed by atoms with van der Waals surface area (Å²) in [5.41, 5.74) is 7.16. The molecule has 3 saturated heterocycles. The van der Waals surface area contributed by atoms with Crippen molar-refractivity contribution in [2.75, 3.05) is 32.0 Å². The molecule has 6 rings (SSSR count). The number of nitrogens with two attached hydrogens (primary N) is 1. The lowest BCUT2D eigenvalue weighted by Gasteiger charge is -2.31. The first-order chi connectivity index (χ1) is 20.2. The monoisotopic (exact) mass is 607 g/mol.